The molecule has 0 saturated carbocycles. The second-order valence-corrected chi connectivity index (χ2v) is 15.0. The first kappa shape index (κ1) is 31.7. The lowest BCUT2D eigenvalue weighted by Crippen LogP contribution is -1.96. The summed E-state index contributed by atoms with van der Waals surface area (Å²) in [5.74, 6) is 0. The van der Waals surface area contributed by atoms with Crippen molar-refractivity contribution >= 4 is 65.4 Å². The molecule has 57 heavy (non-hydrogen) atoms. The molecule has 0 saturated heterocycles. The van der Waals surface area contributed by atoms with Gasteiger partial charge in [0.05, 0.1) is 33.1 Å². The molecule has 3 nitrogen and oxygen atoms in total. The molecular weight excluding hydrogens is 691 g/mol. The zero-order valence-corrected chi connectivity index (χ0v) is 31.0. The number of hydrogen-bond donors (Lipinski definition) is 0. The average Bonchev–Trinajstić information content (AvgIpc) is 3.92. The molecule has 3 aromatic heterocycles. The number of benzene rings is 9. The molecule has 0 fully saturated rings. The van der Waals surface area contributed by atoms with Crippen LogP contribution in [0.2, 0.25) is 0 Å². The van der Waals surface area contributed by atoms with Crippen LogP contribution in [0.3, 0.4) is 0 Å². The summed E-state index contributed by atoms with van der Waals surface area (Å²) in [4.78, 5) is 0. The molecule has 3 heterocycles. The van der Waals surface area contributed by atoms with E-state index < -0.39 is 0 Å². The first-order valence-electron chi connectivity index (χ1n) is 19.6. The highest BCUT2D eigenvalue weighted by Crippen LogP contribution is 2.40. The largest absolute Gasteiger partial charge is 0.309 e. The molecule has 0 amide bonds. The Balaban J connectivity index is 1.04. The van der Waals surface area contributed by atoms with Crippen LogP contribution in [0, 0.1) is 0 Å². The molecule has 0 aliphatic heterocycles. The first-order valence-corrected chi connectivity index (χ1v) is 19.6. The van der Waals surface area contributed by atoms with E-state index in [0.717, 1.165) is 17.1 Å². The van der Waals surface area contributed by atoms with Gasteiger partial charge in [0.1, 0.15) is 0 Å². The predicted octanol–water partition coefficient (Wildman–Crippen LogP) is 14.3. The van der Waals surface area contributed by atoms with Gasteiger partial charge in [-0.15, -0.1) is 0 Å². The van der Waals surface area contributed by atoms with Crippen molar-refractivity contribution in [2.24, 2.45) is 0 Å². The zero-order valence-electron chi connectivity index (χ0n) is 31.0. The third-order valence-corrected chi connectivity index (χ3v) is 11.8. The molecule has 0 atom stereocenters. The van der Waals surface area contributed by atoms with Gasteiger partial charge in [0.15, 0.2) is 0 Å². The van der Waals surface area contributed by atoms with Crippen molar-refractivity contribution in [2.45, 2.75) is 0 Å². The summed E-state index contributed by atoms with van der Waals surface area (Å²) in [6.45, 7) is 0. The van der Waals surface area contributed by atoms with Crippen molar-refractivity contribution in [1.82, 2.24) is 13.7 Å². The Hall–Kier alpha value is -7.62. The maximum Gasteiger partial charge on any atom is 0.0547 e. The minimum atomic E-state index is 1.15. The maximum absolute atomic E-state index is 2.45. The molecule has 3 heteroatoms. The fourth-order valence-corrected chi connectivity index (χ4v) is 9.25. The molecule has 0 N–H and O–H groups in total. The molecule has 12 rings (SSSR count). The van der Waals surface area contributed by atoms with Crippen molar-refractivity contribution in [1.29, 1.82) is 0 Å². The Bertz CT molecular complexity index is 3490. The minimum Gasteiger partial charge on any atom is -0.309 e. The van der Waals surface area contributed by atoms with Crippen LogP contribution in [-0.2, 0) is 0 Å². The Kier molecular flexibility index (Phi) is 6.93. The smallest absolute Gasteiger partial charge is 0.0547 e. The fourth-order valence-electron chi connectivity index (χ4n) is 9.25. The van der Waals surface area contributed by atoms with Crippen LogP contribution in [0.25, 0.3) is 105 Å². The lowest BCUT2D eigenvalue weighted by atomic mass is 10.0. The van der Waals surface area contributed by atoms with Crippen LogP contribution in [-0.4, -0.2) is 13.7 Å². The highest BCUT2D eigenvalue weighted by molar-refractivity contribution is 6.14. The van der Waals surface area contributed by atoms with Gasteiger partial charge < -0.3 is 13.7 Å². The molecule has 0 unspecified atom stereocenters. The van der Waals surface area contributed by atoms with Gasteiger partial charge in [0.2, 0.25) is 0 Å². The number of fused-ring (bicyclic) bond motifs is 9. The van der Waals surface area contributed by atoms with E-state index in [4.69, 9.17) is 0 Å². The molecule has 0 radical (unpaired) electrons. The summed E-state index contributed by atoms with van der Waals surface area (Å²) in [7, 11) is 0. The van der Waals surface area contributed by atoms with Gasteiger partial charge >= 0.3 is 0 Å². The summed E-state index contributed by atoms with van der Waals surface area (Å²) in [6, 6.07) is 77.5. The summed E-state index contributed by atoms with van der Waals surface area (Å²) in [5.41, 5.74) is 15.5. The van der Waals surface area contributed by atoms with E-state index in [1.54, 1.807) is 0 Å². The SMILES string of the molecule is c1ccc(-c2ccc(-n3c4ccccc4c4ccc(-c5ccc6c7ccccc7n(-c7ccc8c(c7)c7ccccc7n8-c7ccccc7)c6c5)cc43)cc2)cc1. The summed E-state index contributed by atoms with van der Waals surface area (Å²) in [5, 5.41) is 7.49. The number of hydrogen-bond acceptors (Lipinski definition) is 0. The molecular formula is C54H35N3. The Labute approximate surface area is 329 Å². The summed E-state index contributed by atoms with van der Waals surface area (Å²) < 4.78 is 7.25. The van der Waals surface area contributed by atoms with Gasteiger partial charge in [-0.05, 0) is 95.1 Å². The van der Waals surface area contributed by atoms with Gasteiger partial charge in [0.25, 0.3) is 0 Å². The highest BCUT2D eigenvalue weighted by Gasteiger charge is 2.18. The van der Waals surface area contributed by atoms with Gasteiger partial charge in [-0.1, -0.05) is 140 Å². The van der Waals surface area contributed by atoms with Crippen LogP contribution < -0.4 is 0 Å². The minimum absolute atomic E-state index is 1.15. The molecule has 0 spiro atoms. The summed E-state index contributed by atoms with van der Waals surface area (Å²) in [6.07, 6.45) is 0. The van der Waals surface area contributed by atoms with Crippen LogP contribution in [0.4, 0.5) is 0 Å². The quantitative estimate of drug-likeness (QED) is 0.168. The Morgan fingerprint density at radius 3 is 1.14 bits per heavy atom. The standard InChI is InChI=1S/C54H35N3/c1-3-13-36(14-4-1)37-23-27-41(28-24-37)56-49-20-10-7-17-43(49)46-30-25-38(33-53(46)56)39-26-31-47-44-18-8-11-21-50(44)57(54(47)34-39)42-29-32-52-48(35-42)45-19-9-12-22-51(45)55(52)40-15-5-2-6-16-40/h1-35H. The molecule has 0 bridgehead atoms. The van der Waals surface area contributed by atoms with Crippen molar-refractivity contribution in [3.05, 3.63) is 212 Å². The van der Waals surface area contributed by atoms with Gasteiger partial charge in [-0.3, -0.25) is 0 Å². The van der Waals surface area contributed by atoms with Crippen LogP contribution >= 0.6 is 0 Å². The van der Waals surface area contributed by atoms with Crippen molar-refractivity contribution in [3.8, 4) is 39.3 Å². The van der Waals surface area contributed by atoms with Gasteiger partial charge in [0, 0.05) is 49.4 Å². The van der Waals surface area contributed by atoms with Gasteiger partial charge in [-0.2, -0.15) is 0 Å². The van der Waals surface area contributed by atoms with E-state index in [2.05, 4.69) is 226 Å². The van der Waals surface area contributed by atoms with E-state index in [1.165, 1.54) is 87.7 Å². The second-order valence-electron chi connectivity index (χ2n) is 15.0. The second kappa shape index (κ2) is 12.5. The van der Waals surface area contributed by atoms with Crippen LogP contribution in [0.5, 0.6) is 0 Å². The lowest BCUT2D eigenvalue weighted by molar-refractivity contribution is 1.16. The van der Waals surface area contributed by atoms with E-state index >= 15 is 0 Å². The fraction of sp³-hybridized carbons (Fsp3) is 0. The Morgan fingerprint density at radius 2 is 0.561 bits per heavy atom. The van der Waals surface area contributed by atoms with Crippen molar-refractivity contribution < 1.29 is 0 Å². The number of nitrogens with zero attached hydrogens (tertiary/aromatic N) is 3. The zero-order chi connectivity index (χ0) is 37.5. The lowest BCUT2D eigenvalue weighted by Gasteiger charge is -2.12. The number of aromatic nitrogens is 3. The third-order valence-electron chi connectivity index (χ3n) is 11.8. The van der Waals surface area contributed by atoms with Crippen LogP contribution in [0.1, 0.15) is 0 Å². The molecule has 12 aromatic rings. The monoisotopic (exact) mass is 725 g/mol. The summed E-state index contributed by atoms with van der Waals surface area (Å²) >= 11 is 0. The van der Waals surface area contributed by atoms with E-state index in [9.17, 15) is 0 Å². The predicted molar refractivity (Wildman–Crippen MR) is 240 cm³/mol. The molecule has 266 valence electrons. The first-order chi connectivity index (χ1) is 28.3. The average molecular weight is 726 g/mol. The molecule has 0 aliphatic rings. The number of rotatable bonds is 5. The van der Waals surface area contributed by atoms with Crippen molar-refractivity contribution in [2.75, 3.05) is 0 Å². The molecule has 9 aromatic carbocycles. The van der Waals surface area contributed by atoms with Gasteiger partial charge in [-0.25, -0.2) is 0 Å². The highest BCUT2D eigenvalue weighted by atomic mass is 15.0. The number of para-hydroxylation sites is 4. The van der Waals surface area contributed by atoms with E-state index in [-0.39, 0.29) is 0 Å². The molecule has 0 aliphatic carbocycles. The topological polar surface area (TPSA) is 14.8 Å². The van der Waals surface area contributed by atoms with Crippen molar-refractivity contribution in [3.63, 3.8) is 0 Å². The Morgan fingerprint density at radius 1 is 0.193 bits per heavy atom. The normalized spacial score (nSPS) is 11.9. The van der Waals surface area contributed by atoms with E-state index in [1.807, 2.05) is 0 Å². The van der Waals surface area contributed by atoms with Crippen LogP contribution in [0.15, 0.2) is 212 Å². The third kappa shape index (κ3) is 4.86. The maximum atomic E-state index is 2.45. The van der Waals surface area contributed by atoms with E-state index in [0.29, 0.717) is 0 Å².